The summed E-state index contributed by atoms with van der Waals surface area (Å²) >= 11 is 9.34. The molecule has 2 rings (SSSR count). The average molecular weight is 343 g/mol. The van der Waals surface area contributed by atoms with E-state index in [1.54, 1.807) is 0 Å². The molecule has 1 heterocycles. The van der Waals surface area contributed by atoms with Crippen LogP contribution in [-0.4, -0.2) is 21.5 Å². The van der Waals surface area contributed by atoms with Crippen LogP contribution in [0.4, 0.5) is 17.6 Å². The fourth-order valence-corrected chi connectivity index (χ4v) is 2.00. The molecule has 5 nitrogen and oxygen atoms in total. The van der Waals surface area contributed by atoms with Crippen molar-refractivity contribution in [1.29, 1.82) is 0 Å². The molecular formula is C12H13BrClN5. The summed E-state index contributed by atoms with van der Waals surface area (Å²) in [6, 6.07) is 5.97. The van der Waals surface area contributed by atoms with E-state index in [0.29, 0.717) is 18.4 Å². The molecule has 1 aromatic heterocycles. The van der Waals surface area contributed by atoms with Gasteiger partial charge in [-0.3, -0.25) is 0 Å². The Balaban J connectivity index is 2.29. The van der Waals surface area contributed by atoms with Crippen LogP contribution in [0.5, 0.6) is 0 Å². The van der Waals surface area contributed by atoms with Gasteiger partial charge in [0.25, 0.3) is 0 Å². The Kier molecular flexibility index (Phi) is 4.55. The molecule has 0 spiro atoms. The first kappa shape index (κ1) is 14.0. The number of benzene rings is 1. The van der Waals surface area contributed by atoms with Gasteiger partial charge in [0.1, 0.15) is 0 Å². The number of hydrogen-bond donors (Lipinski definition) is 2. The van der Waals surface area contributed by atoms with Crippen molar-refractivity contribution < 1.29 is 0 Å². The highest BCUT2D eigenvalue weighted by Gasteiger charge is 2.07. The Hall–Kier alpha value is -1.40. The number of aryl methyl sites for hydroxylation is 1. The minimum atomic E-state index is 0.150. The number of nitrogens with zero attached hydrogens (tertiary/aromatic N) is 3. The zero-order valence-corrected chi connectivity index (χ0v) is 12.9. The third-order valence-electron chi connectivity index (χ3n) is 2.31. The van der Waals surface area contributed by atoms with Crippen LogP contribution < -0.4 is 10.6 Å². The van der Waals surface area contributed by atoms with Gasteiger partial charge in [-0.15, -0.1) is 0 Å². The van der Waals surface area contributed by atoms with Crippen molar-refractivity contribution in [3.05, 3.63) is 33.5 Å². The fraction of sp³-hybridized carbons (Fsp3) is 0.250. The highest BCUT2D eigenvalue weighted by molar-refractivity contribution is 9.10. The van der Waals surface area contributed by atoms with Crippen LogP contribution in [0.25, 0.3) is 0 Å². The van der Waals surface area contributed by atoms with Crippen molar-refractivity contribution >= 4 is 45.1 Å². The minimum Gasteiger partial charge on any atom is -0.354 e. The molecule has 0 radical (unpaired) electrons. The van der Waals surface area contributed by atoms with E-state index in [9.17, 15) is 0 Å². The maximum atomic E-state index is 5.87. The molecule has 0 unspecified atom stereocenters. The number of hydrogen-bond acceptors (Lipinski definition) is 5. The lowest BCUT2D eigenvalue weighted by Crippen LogP contribution is -2.06. The van der Waals surface area contributed by atoms with Crippen LogP contribution in [0, 0.1) is 6.92 Å². The molecule has 2 aromatic rings. The van der Waals surface area contributed by atoms with Crippen molar-refractivity contribution in [2.75, 3.05) is 17.2 Å². The lowest BCUT2D eigenvalue weighted by Gasteiger charge is -2.09. The van der Waals surface area contributed by atoms with E-state index in [0.717, 1.165) is 15.7 Å². The number of rotatable bonds is 4. The molecule has 0 bridgehead atoms. The van der Waals surface area contributed by atoms with Gasteiger partial charge in [-0.05, 0) is 59.1 Å². The van der Waals surface area contributed by atoms with E-state index in [4.69, 9.17) is 11.6 Å². The van der Waals surface area contributed by atoms with E-state index in [1.165, 1.54) is 0 Å². The number of anilines is 3. The maximum absolute atomic E-state index is 5.87. The van der Waals surface area contributed by atoms with E-state index >= 15 is 0 Å². The largest absolute Gasteiger partial charge is 0.354 e. The van der Waals surface area contributed by atoms with Gasteiger partial charge in [-0.1, -0.05) is 6.07 Å². The van der Waals surface area contributed by atoms with Crippen LogP contribution in [0.1, 0.15) is 12.5 Å². The molecule has 2 N–H and O–H groups in total. The van der Waals surface area contributed by atoms with Gasteiger partial charge in [-0.25, -0.2) is 0 Å². The van der Waals surface area contributed by atoms with Gasteiger partial charge >= 0.3 is 0 Å². The second-order valence-corrected chi connectivity index (χ2v) is 5.08. The van der Waals surface area contributed by atoms with Crippen LogP contribution in [0.15, 0.2) is 22.7 Å². The van der Waals surface area contributed by atoms with Gasteiger partial charge in [0.15, 0.2) is 0 Å². The Morgan fingerprint density at radius 1 is 1.21 bits per heavy atom. The number of nitrogens with one attached hydrogen (secondary N) is 2. The zero-order valence-electron chi connectivity index (χ0n) is 10.5. The van der Waals surface area contributed by atoms with E-state index < -0.39 is 0 Å². The van der Waals surface area contributed by atoms with Crippen molar-refractivity contribution in [1.82, 2.24) is 15.0 Å². The Bertz CT molecular complexity index is 590. The average Bonchev–Trinajstić information content (AvgIpc) is 2.33. The van der Waals surface area contributed by atoms with Crippen molar-refractivity contribution in [3.63, 3.8) is 0 Å². The van der Waals surface area contributed by atoms with Gasteiger partial charge in [0.05, 0.1) is 5.69 Å². The van der Waals surface area contributed by atoms with Crippen molar-refractivity contribution in [2.45, 2.75) is 13.8 Å². The molecular weight excluding hydrogens is 330 g/mol. The summed E-state index contributed by atoms with van der Waals surface area (Å²) in [5.41, 5.74) is 2.02. The monoisotopic (exact) mass is 341 g/mol. The molecule has 1 aromatic carbocycles. The lowest BCUT2D eigenvalue weighted by molar-refractivity contribution is 1.02. The predicted molar refractivity (Wildman–Crippen MR) is 81.2 cm³/mol. The third-order valence-corrected chi connectivity index (χ3v) is 3.17. The summed E-state index contributed by atoms with van der Waals surface area (Å²) in [6.45, 7) is 4.69. The van der Waals surface area contributed by atoms with Crippen LogP contribution in [0.3, 0.4) is 0 Å². The van der Waals surface area contributed by atoms with Crippen LogP contribution in [0.2, 0.25) is 5.28 Å². The van der Waals surface area contributed by atoms with Gasteiger partial charge in [0, 0.05) is 11.0 Å². The summed E-state index contributed by atoms with van der Waals surface area (Å²) < 4.78 is 0.930. The molecule has 19 heavy (non-hydrogen) atoms. The topological polar surface area (TPSA) is 62.7 Å². The van der Waals surface area contributed by atoms with Gasteiger partial charge in [0.2, 0.25) is 17.2 Å². The molecule has 0 aliphatic rings. The van der Waals surface area contributed by atoms with E-state index in [-0.39, 0.29) is 5.28 Å². The zero-order chi connectivity index (χ0) is 13.8. The molecule has 7 heteroatoms. The van der Waals surface area contributed by atoms with Gasteiger partial charge in [-0.2, -0.15) is 15.0 Å². The summed E-state index contributed by atoms with van der Waals surface area (Å²) in [7, 11) is 0. The first-order chi connectivity index (χ1) is 9.08. The highest BCUT2D eigenvalue weighted by atomic mass is 79.9. The minimum absolute atomic E-state index is 0.150. The third kappa shape index (κ3) is 3.78. The standard InChI is InChI=1S/C12H13BrClN5/c1-3-15-11-17-10(14)18-12(19-11)16-9-6-7(2)4-5-8(9)13/h4-6H,3H2,1-2H3,(H2,15,16,17,18,19). The molecule has 0 fully saturated rings. The maximum Gasteiger partial charge on any atom is 0.233 e. The molecule has 0 aliphatic heterocycles. The lowest BCUT2D eigenvalue weighted by atomic mass is 10.2. The number of aromatic nitrogens is 3. The summed E-state index contributed by atoms with van der Waals surface area (Å²) in [5, 5.41) is 6.27. The predicted octanol–water partition coefficient (Wildman–Crippen LogP) is 3.77. The Morgan fingerprint density at radius 3 is 2.68 bits per heavy atom. The first-order valence-electron chi connectivity index (χ1n) is 5.77. The molecule has 0 amide bonds. The van der Waals surface area contributed by atoms with Crippen LogP contribution >= 0.6 is 27.5 Å². The van der Waals surface area contributed by atoms with E-state index in [1.807, 2.05) is 32.0 Å². The van der Waals surface area contributed by atoms with Crippen molar-refractivity contribution in [2.24, 2.45) is 0 Å². The second-order valence-electron chi connectivity index (χ2n) is 3.89. The normalized spacial score (nSPS) is 10.3. The molecule has 100 valence electrons. The SMILES string of the molecule is CCNc1nc(Cl)nc(Nc2cc(C)ccc2Br)n1. The summed E-state index contributed by atoms with van der Waals surface area (Å²) in [6.07, 6.45) is 0. The Labute approximate surface area is 125 Å². The quantitative estimate of drug-likeness (QED) is 0.885. The Morgan fingerprint density at radius 2 is 1.95 bits per heavy atom. The molecule has 0 aliphatic carbocycles. The fourth-order valence-electron chi connectivity index (χ4n) is 1.50. The summed E-state index contributed by atoms with van der Waals surface area (Å²) in [4.78, 5) is 12.3. The molecule has 0 saturated carbocycles. The second kappa shape index (κ2) is 6.16. The summed E-state index contributed by atoms with van der Waals surface area (Å²) in [5.74, 6) is 0.857. The van der Waals surface area contributed by atoms with E-state index in [2.05, 4.69) is 41.5 Å². The van der Waals surface area contributed by atoms with Gasteiger partial charge < -0.3 is 10.6 Å². The molecule has 0 atom stereocenters. The first-order valence-corrected chi connectivity index (χ1v) is 6.94. The number of halogens is 2. The molecule has 0 saturated heterocycles. The smallest absolute Gasteiger partial charge is 0.233 e. The van der Waals surface area contributed by atoms with Crippen molar-refractivity contribution in [3.8, 4) is 0 Å². The van der Waals surface area contributed by atoms with Crippen LogP contribution in [-0.2, 0) is 0 Å². The highest BCUT2D eigenvalue weighted by Crippen LogP contribution is 2.26.